The van der Waals surface area contributed by atoms with E-state index in [0.29, 0.717) is 11.6 Å². The van der Waals surface area contributed by atoms with E-state index in [2.05, 4.69) is 15.3 Å². The molecule has 0 fully saturated rings. The first-order valence-corrected chi connectivity index (χ1v) is 5.24. The number of nitrogens with two attached hydrogens (primary N) is 1. The maximum absolute atomic E-state index is 12.8. The molecule has 0 aliphatic rings. The highest BCUT2D eigenvalue weighted by atomic mass is 19.1. The van der Waals surface area contributed by atoms with Crippen LogP contribution in [0.1, 0.15) is 18.5 Å². The van der Waals surface area contributed by atoms with E-state index in [4.69, 9.17) is 5.73 Å². The van der Waals surface area contributed by atoms with E-state index in [-0.39, 0.29) is 11.9 Å². The molecule has 2 rings (SSSR count). The van der Waals surface area contributed by atoms with Crippen molar-refractivity contribution in [3.8, 4) is 0 Å². The molecular formula is C12H13FN4. The quantitative estimate of drug-likeness (QED) is 0.852. The number of hydrogen-bond acceptors (Lipinski definition) is 4. The van der Waals surface area contributed by atoms with Crippen molar-refractivity contribution in [2.45, 2.75) is 13.0 Å². The van der Waals surface area contributed by atoms with Gasteiger partial charge < -0.3 is 11.1 Å². The van der Waals surface area contributed by atoms with Crippen LogP contribution in [0.15, 0.2) is 36.7 Å². The lowest BCUT2D eigenvalue weighted by atomic mass is 10.1. The van der Waals surface area contributed by atoms with Crippen LogP contribution >= 0.6 is 0 Å². The molecule has 0 spiro atoms. The van der Waals surface area contributed by atoms with E-state index in [9.17, 15) is 4.39 Å². The molecule has 0 aliphatic heterocycles. The van der Waals surface area contributed by atoms with Crippen LogP contribution in [-0.4, -0.2) is 9.97 Å². The van der Waals surface area contributed by atoms with Crippen molar-refractivity contribution in [3.63, 3.8) is 0 Å². The van der Waals surface area contributed by atoms with Crippen LogP contribution in [-0.2, 0) is 0 Å². The maximum atomic E-state index is 12.8. The van der Waals surface area contributed by atoms with Crippen molar-refractivity contribution < 1.29 is 4.39 Å². The molecular weight excluding hydrogens is 219 g/mol. The largest absolute Gasteiger partial charge is 0.382 e. The van der Waals surface area contributed by atoms with Crippen LogP contribution in [0.4, 0.5) is 16.0 Å². The van der Waals surface area contributed by atoms with Gasteiger partial charge in [-0.2, -0.15) is 0 Å². The standard InChI is InChI=1S/C12H13FN4/c1-8(9-2-4-10(13)5-3-9)17-12-7-15-11(14)6-16-12/h2-8H,1H3,(H2,14,15)(H,16,17). The molecule has 1 aromatic heterocycles. The van der Waals surface area contributed by atoms with E-state index in [1.807, 2.05) is 6.92 Å². The molecule has 1 aromatic carbocycles. The average Bonchev–Trinajstić information content (AvgIpc) is 2.33. The number of nitrogens with zero attached hydrogens (tertiary/aromatic N) is 2. The highest BCUT2D eigenvalue weighted by Gasteiger charge is 2.06. The molecule has 17 heavy (non-hydrogen) atoms. The molecule has 1 atom stereocenters. The van der Waals surface area contributed by atoms with Gasteiger partial charge in [0.2, 0.25) is 0 Å². The molecule has 0 amide bonds. The first kappa shape index (κ1) is 11.3. The molecule has 0 aliphatic carbocycles. The van der Waals surface area contributed by atoms with E-state index < -0.39 is 0 Å². The number of halogens is 1. The Hall–Kier alpha value is -2.17. The molecule has 88 valence electrons. The Kier molecular flexibility index (Phi) is 3.18. The zero-order valence-electron chi connectivity index (χ0n) is 9.39. The number of aromatic nitrogens is 2. The van der Waals surface area contributed by atoms with Gasteiger partial charge in [-0.1, -0.05) is 12.1 Å². The fraction of sp³-hybridized carbons (Fsp3) is 0.167. The van der Waals surface area contributed by atoms with Gasteiger partial charge in [0.15, 0.2) is 0 Å². The van der Waals surface area contributed by atoms with Crippen LogP contribution < -0.4 is 11.1 Å². The van der Waals surface area contributed by atoms with Crippen molar-refractivity contribution in [1.82, 2.24) is 9.97 Å². The molecule has 0 saturated carbocycles. The van der Waals surface area contributed by atoms with Gasteiger partial charge in [0.25, 0.3) is 0 Å². The van der Waals surface area contributed by atoms with Gasteiger partial charge in [0, 0.05) is 6.04 Å². The van der Waals surface area contributed by atoms with Gasteiger partial charge in [-0.15, -0.1) is 0 Å². The second-order valence-corrected chi connectivity index (χ2v) is 3.74. The molecule has 0 bridgehead atoms. The highest BCUT2D eigenvalue weighted by Crippen LogP contribution is 2.17. The number of hydrogen-bond donors (Lipinski definition) is 2. The SMILES string of the molecule is CC(Nc1cnc(N)cn1)c1ccc(F)cc1. The zero-order chi connectivity index (χ0) is 12.3. The second-order valence-electron chi connectivity index (χ2n) is 3.74. The summed E-state index contributed by atoms with van der Waals surface area (Å²) in [6, 6.07) is 6.35. The van der Waals surface area contributed by atoms with Crippen LogP contribution in [0.3, 0.4) is 0 Å². The normalized spacial score (nSPS) is 12.1. The molecule has 0 saturated heterocycles. The molecule has 4 nitrogen and oxygen atoms in total. The van der Waals surface area contributed by atoms with E-state index in [0.717, 1.165) is 5.56 Å². The third kappa shape index (κ3) is 2.90. The molecule has 0 radical (unpaired) electrons. The van der Waals surface area contributed by atoms with Crippen molar-refractivity contribution in [1.29, 1.82) is 0 Å². The summed E-state index contributed by atoms with van der Waals surface area (Å²) in [6.45, 7) is 1.96. The van der Waals surface area contributed by atoms with Gasteiger partial charge in [-0.3, -0.25) is 0 Å². The van der Waals surface area contributed by atoms with Crippen molar-refractivity contribution in [2.24, 2.45) is 0 Å². The van der Waals surface area contributed by atoms with E-state index >= 15 is 0 Å². The first-order valence-electron chi connectivity index (χ1n) is 5.24. The van der Waals surface area contributed by atoms with Gasteiger partial charge in [0.1, 0.15) is 17.5 Å². The summed E-state index contributed by atoms with van der Waals surface area (Å²) >= 11 is 0. The lowest BCUT2D eigenvalue weighted by Gasteiger charge is -2.14. The number of benzene rings is 1. The Morgan fingerprint density at radius 1 is 1.18 bits per heavy atom. The minimum Gasteiger partial charge on any atom is -0.382 e. The first-order chi connectivity index (χ1) is 8.15. The highest BCUT2D eigenvalue weighted by molar-refractivity contribution is 5.39. The minimum absolute atomic E-state index is 0.0218. The number of anilines is 2. The Labute approximate surface area is 98.7 Å². The van der Waals surface area contributed by atoms with Gasteiger partial charge in [-0.05, 0) is 24.6 Å². The lowest BCUT2D eigenvalue weighted by Crippen LogP contribution is -2.08. The molecule has 3 N–H and O–H groups in total. The summed E-state index contributed by atoms with van der Waals surface area (Å²) < 4.78 is 12.8. The smallest absolute Gasteiger partial charge is 0.145 e. The second kappa shape index (κ2) is 4.78. The summed E-state index contributed by atoms with van der Waals surface area (Å²) in [5, 5.41) is 3.15. The predicted octanol–water partition coefficient (Wildman–Crippen LogP) is 2.37. The molecule has 5 heteroatoms. The zero-order valence-corrected chi connectivity index (χ0v) is 9.39. The van der Waals surface area contributed by atoms with Crippen molar-refractivity contribution in [3.05, 3.63) is 48.0 Å². The number of nitrogens with one attached hydrogen (secondary N) is 1. The van der Waals surface area contributed by atoms with Crippen LogP contribution in [0.25, 0.3) is 0 Å². The Morgan fingerprint density at radius 3 is 2.47 bits per heavy atom. The maximum Gasteiger partial charge on any atom is 0.145 e. The van der Waals surface area contributed by atoms with Crippen molar-refractivity contribution >= 4 is 11.6 Å². The third-order valence-electron chi connectivity index (χ3n) is 2.41. The van der Waals surface area contributed by atoms with Crippen molar-refractivity contribution in [2.75, 3.05) is 11.1 Å². The fourth-order valence-electron chi connectivity index (χ4n) is 1.47. The molecule has 1 heterocycles. The Balaban J connectivity index is 2.08. The fourth-order valence-corrected chi connectivity index (χ4v) is 1.47. The van der Waals surface area contributed by atoms with E-state index in [1.165, 1.54) is 18.3 Å². The van der Waals surface area contributed by atoms with Gasteiger partial charge >= 0.3 is 0 Å². The minimum atomic E-state index is -0.242. The number of rotatable bonds is 3. The Bertz CT molecular complexity index is 481. The van der Waals surface area contributed by atoms with E-state index in [1.54, 1.807) is 18.3 Å². The molecule has 1 unspecified atom stereocenters. The summed E-state index contributed by atoms with van der Waals surface area (Å²) in [6.07, 6.45) is 3.05. The third-order valence-corrected chi connectivity index (χ3v) is 2.41. The summed E-state index contributed by atoms with van der Waals surface area (Å²) in [5.74, 6) is 0.772. The summed E-state index contributed by atoms with van der Waals surface area (Å²) in [7, 11) is 0. The number of nitrogen functional groups attached to an aromatic ring is 1. The topological polar surface area (TPSA) is 63.8 Å². The van der Waals surface area contributed by atoms with Gasteiger partial charge in [-0.25, -0.2) is 14.4 Å². The summed E-state index contributed by atoms with van der Waals surface area (Å²) in [4.78, 5) is 8.02. The monoisotopic (exact) mass is 232 g/mol. The van der Waals surface area contributed by atoms with Crippen LogP contribution in [0, 0.1) is 5.82 Å². The Morgan fingerprint density at radius 2 is 1.88 bits per heavy atom. The van der Waals surface area contributed by atoms with Gasteiger partial charge in [0.05, 0.1) is 12.4 Å². The molecule has 2 aromatic rings. The van der Waals surface area contributed by atoms with Crippen LogP contribution in [0.5, 0.6) is 0 Å². The average molecular weight is 232 g/mol. The predicted molar refractivity (Wildman–Crippen MR) is 64.9 cm³/mol. The summed E-state index contributed by atoms with van der Waals surface area (Å²) in [5.41, 5.74) is 6.42. The lowest BCUT2D eigenvalue weighted by molar-refractivity contribution is 0.626. The van der Waals surface area contributed by atoms with Crippen LogP contribution in [0.2, 0.25) is 0 Å².